The van der Waals surface area contributed by atoms with E-state index in [-0.39, 0.29) is 18.9 Å². The fourth-order valence-electron chi connectivity index (χ4n) is 1.90. The van der Waals surface area contributed by atoms with Crippen LogP contribution in [0.15, 0.2) is 36.7 Å². The van der Waals surface area contributed by atoms with Crippen molar-refractivity contribution in [2.45, 2.75) is 6.42 Å². The summed E-state index contributed by atoms with van der Waals surface area (Å²) in [7, 11) is 3.61. The van der Waals surface area contributed by atoms with E-state index in [1.165, 1.54) is 30.6 Å². The molecule has 7 nitrogen and oxygen atoms in total. The molecule has 0 unspecified atom stereocenters. The van der Waals surface area contributed by atoms with Crippen LogP contribution in [0.4, 0.5) is 16.0 Å². The number of halogens is 1. The Labute approximate surface area is 138 Å². The van der Waals surface area contributed by atoms with Gasteiger partial charge in [-0.25, -0.2) is 14.4 Å². The number of amides is 2. The molecule has 1 aromatic carbocycles. The van der Waals surface area contributed by atoms with Crippen molar-refractivity contribution in [3.05, 3.63) is 48.0 Å². The molecule has 8 heteroatoms. The predicted molar refractivity (Wildman–Crippen MR) is 88.1 cm³/mol. The number of rotatable bonds is 6. The third kappa shape index (κ3) is 5.31. The summed E-state index contributed by atoms with van der Waals surface area (Å²) in [6.45, 7) is -0.191. The molecule has 0 fully saturated rings. The highest BCUT2D eigenvalue weighted by atomic mass is 19.1. The molecule has 1 heterocycles. The fraction of sp³-hybridized carbons (Fsp3) is 0.250. The lowest BCUT2D eigenvalue weighted by molar-refractivity contribution is -0.123. The summed E-state index contributed by atoms with van der Waals surface area (Å²) >= 11 is 0. The van der Waals surface area contributed by atoms with Crippen molar-refractivity contribution in [1.29, 1.82) is 0 Å². The zero-order chi connectivity index (χ0) is 17.5. The van der Waals surface area contributed by atoms with Gasteiger partial charge in [0.1, 0.15) is 5.82 Å². The van der Waals surface area contributed by atoms with Crippen LogP contribution in [0.3, 0.4) is 0 Å². The van der Waals surface area contributed by atoms with E-state index in [1.807, 2.05) is 14.1 Å². The zero-order valence-corrected chi connectivity index (χ0v) is 13.4. The van der Waals surface area contributed by atoms with Gasteiger partial charge in [0, 0.05) is 14.1 Å². The number of anilines is 2. The monoisotopic (exact) mass is 331 g/mol. The van der Waals surface area contributed by atoms with Gasteiger partial charge in [-0.05, 0) is 17.7 Å². The zero-order valence-electron chi connectivity index (χ0n) is 13.4. The molecule has 0 saturated carbocycles. The van der Waals surface area contributed by atoms with Gasteiger partial charge < -0.3 is 15.5 Å². The smallest absolute Gasteiger partial charge is 0.243 e. The molecular formula is C16H18FN5O2. The van der Waals surface area contributed by atoms with Crippen LogP contribution in [0.2, 0.25) is 0 Å². The van der Waals surface area contributed by atoms with E-state index in [9.17, 15) is 14.0 Å². The lowest BCUT2D eigenvalue weighted by atomic mass is 10.1. The standard InChI is InChI=1S/C16H18FN5O2/c1-22(2)16-19-8-13(9-20-16)21-15(24)10-18-14(23)7-11-4-3-5-12(17)6-11/h3-6,8-9H,7,10H2,1-2H3,(H,18,23)(H,21,24). The summed E-state index contributed by atoms with van der Waals surface area (Å²) in [6.07, 6.45) is 2.97. The second-order valence-electron chi connectivity index (χ2n) is 5.30. The predicted octanol–water partition coefficient (Wildman–Crippen LogP) is 0.979. The van der Waals surface area contributed by atoms with Crippen LogP contribution in [0.25, 0.3) is 0 Å². The first-order chi connectivity index (χ1) is 11.4. The fourth-order valence-corrected chi connectivity index (χ4v) is 1.90. The summed E-state index contributed by atoms with van der Waals surface area (Å²) in [6, 6.07) is 5.76. The quantitative estimate of drug-likeness (QED) is 0.824. The molecule has 24 heavy (non-hydrogen) atoms. The first-order valence-electron chi connectivity index (χ1n) is 7.24. The van der Waals surface area contributed by atoms with E-state index in [0.717, 1.165) is 0 Å². The summed E-state index contributed by atoms with van der Waals surface area (Å²) in [5, 5.41) is 5.06. The summed E-state index contributed by atoms with van der Waals surface area (Å²) < 4.78 is 13.0. The molecule has 0 aliphatic heterocycles. The SMILES string of the molecule is CN(C)c1ncc(NC(=O)CNC(=O)Cc2cccc(F)c2)cn1. The number of carbonyl (C=O) groups is 2. The van der Waals surface area contributed by atoms with Crippen LogP contribution in [-0.2, 0) is 16.0 Å². The molecule has 2 N–H and O–H groups in total. The van der Waals surface area contributed by atoms with Crippen LogP contribution in [0.1, 0.15) is 5.56 Å². The topological polar surface area (TPSA) is 87.2 Å². The molecule has 0 saturated heterocycles. The van der Waals surface area contributed by atoms with Crippen LogP contribution in [0, 0.1) is 5.82 Å². The van der Waals surface area contributed by atoms with Gasteiger partial charge in [-0.15, -0.1) is 0 Å². The van der Waals surface area contributed by atoms with Gasteiger partial charge >= 0.3 is 0 Å². The molecule has 2 aromatic rings. The highest BCUT2D eigenvalue weighted by Crippen LogP contribution is 2.07. The Hall–Kier alpha value is -3.03. The largest absolute Gasteiger partial charge is 0.347 e. The van der Waals surface area contributed by atoms with Crippen LogP contribution < -0.4 is 15.5 Å². The number of nitrogens with one attached hydrogen (secondary N) is 2. The summed E-state index contributed by atoms with van der Waals surface area (Å²) in [5.41, 5.74) is 0.977. The average Bonchev–Trinajstić information content (AvgIpc) is 2.53. The first-order valence-corrected chi connectivity index (χ1v) is 7.24. The van der Waals surface area contributed by atoms with Crippen LogP contribution in [0.5, 0.6) is 0 Å². The van der Waals surface area contributed by atoms with Gasteiger partial charge in [0.15, 0.2) is 0 Å². The minimum atomic E-state index is -0.404. The molecule has 126 valence electrons. The number of hydrogen-bond donors (Lipinski definition) is 2. The highest BCUT2D eigenvalue weighted by molar-refractivity contribution is 5.94. The average molecular weight is 331 g/mol. The molecule has 0 aliphatic rings. The van der Waals surface area contributed by atoms with Crippen LogP contribution in [-0.4, -0.2) is 42.4 Å². The minimum Gasteiger partial charge on any atom is -0.347 e. The number of nitrogens with zero attached hydrogens (tertiary/aromatic N) is 3. The Morgan fingerprint density at radius 2 is 1.88 bits per heavy atom. The lowest BCUT2D eigenvalue weighted by Gasteiger charge is -2.10. The molecule has 0 atom stereocenters. The third-order valence-electron chi connectivity index (χ3n) is 3.02. The van der Waals surface area contributed by atoms with E-state index >= 15 is 0 Å². The van der Waals surface area contributed by atoms with Crippen LogP contribution >= 0.6 is 0 Å². The van der Waals surface area contributed by atoms with E-state index in [2.05, 4.69) is 20.6 Å². The van der Waals surface area contributed by atoms with Crippen molar-refractivity contribution in [2.75, 3.05) is 30.9 Å². The van der Waals surface area contributed by atoms with Gasteiger partial charge in [0.2, 0.25) is 17.8 Å². The number of aromatic nitrogens is 2. The molecular weight excluding hydrogens is 313 g/mol. The second kappa shape index (κ2) is 8.00. The number of carbonyl (C=O) groups excluding carboxylic acids is 2. The highest BCUT2D eigenvalue weighted by Gasteiger charge is 2.08. The molecule has 0 bridgehead atoms. The Morgan fingerprint density at radius 3 is 2.50 bits per heavy atom. The second-order valence-corrected chi connectivity index (χ2v) is 5.30. The van der Waals surface area contributed by atoms with Gasteiger partial charge in [-0.2, -0.15) is 0 Å². The number of hydrogen-bond acceptors (Lipinski definition) is 5. The minimum absolute atomic E-state index is 0.00564. The maximum Gasteiger partial charge on any atom is 0.243 e. The van der Waals surface area contributed by atoms with Gasteiger partial charge in [0.05, 0.1) is 31.0 Å². The molecule has 2 amide bonds. The van der Waals surface area contributed by atoms with Crippen molar-refractivity contribution in [3.8, 4) is 0 Å². The van der Waals surface area contributed by atoms with E-state index in [1.54, 1.807) is 11.0 Å². The van der Waals surface area contributed by atoms with Gasteiger partial charge in [-0.1, -0.05) is 12.1 Å². The number of benzene rings is 1. The maximum atomic E-state index is 13.0. The normalized spacial score (nSPS) is 10.1. The molecule has 2 rings (SSSR count). The molecule has 0 radical (unpaired) electrons. The van der Waals surface area contributed by atoms with E-state index in [0.29, 0.717) is 17.2 Å². The van der Waals surface area contributed by atoms with Crippen molar-refractivity contribution < 1.29 is 14.0 Å². The van der Waals surface area contributed by atoms with Gasteiger partial charge in [-0.3, -0.25) is 9.59 Å². The van der Waals surface area contributed by atoms with Crippen molar-refractivity contribution >= 4 is 23.5 Å². The summed E-state index contributed by atoms with van der Waals surface area (Å²) in [5.74, 6) is -0.644. The molecule has 0 spiro atoms. The first kappa shape index (κ1) is 17.3. The van der Waals surface area contributed by atoms with Crippen molar-refractivity contribution in [3.63, 3.8) is 0 Å². The molecule has 1 aromatic heterocycles. The Kier molecular flexibility index (Phi) is 5.78. The Morgan fingerprint density at radius 1 is 1.17 bits per heavy atom. The van der Waals surface area contributed by atoms with Gasteiger partial charge in [0.25, 0.3) is 0 Å². The Balaban J connectivity index is 1.79. The van der Waals surface area contributed by atoms with Crippen molar-refractivity contribution in [1.82, 2.24) is 15.3 Å². The lowest BCUT2D eigenvalue weighted by Crippen LogP contribution is -2.33. The Bertz CT molecular complexity index is 719. The van der Waals surface area contributed by atoms with E-state index in [4.69, 9.17) is 0 Å². The van der Waals surface area contributed by atoms with E-state index < -0.39 is 11.7 Å². The maximum absolute atomic E-state index is 13.0. The summed E-state index contributed by atoms with van der Waals surface area (Å²) in [4.78, 5) is 33.4. The van der Waals surface area contributed by atoms with Crippen molar-refractivity contribution in [2.24, 2.45) is 0 Å². The molecule has 0 aliphatic carbocycles. The third-order valence-corrected chi connectivity index (χ3v) is 3.02.